The van der Waals surface area contributed by atoms with Crippen molar-refractivity contribution in [2.45, 2.75) is 13.3 Å². The van der Waals surface area contributed by atoms with Gasteiger partial charge in [-0.1, -0.05) is 30.8 Å². The molecule has 0 saturated heterocycles. The van der Waals surface area contributed by atoms with E-state index < -0.39 is 0 Å². The zero-order valence-electron chi connectivity index (χ0n) is 10.4. The fraction of sp³-hybridized carbons (Fsp3) is 0.462. The monoisotopic (exact) mass is 253 g/mol. The molecule has 0 spiro atoms. The van der Waals surface area contributed by atoms with Gasteiger partial charge in [0, 0.05) is 13.0 Å². The van der Waals surface area contributed by atoms with Gasteiger partial charge in [0.05, 0.1) is 0 Å². The van der Waals surface area contributed by atoms with Crippen LogP contribution in [0.5, 0.6) is 5.75 Å². The molecule has 0 aromatic heterocycles. The molecule has 0 fully saturated rings. The summed E-state index contributed by atoms with van der Waals surface area (Å²) in [5.41, 5.74) is 1.03. The average Bonchev–Trinajstić information content (AvgIpc) is 2.36. The lowest BCUT2D eigenvalue weighted by molar-refractivity contribution is -0.110. The van der Waals surface area contributed by atoms with E-state index in [0.717, 1.165) is 24.4 Å². The van der Waals surface area contributed by atoms with Crippen LogP contribution in [0, 0.1) is 0 Å². The van der Waals surface area contributed by atoms with Crippen LogP contribution in [0.4, 0.5) is 0 Å². The maximum absolute atomic E-state index is 11.2. The molecule has 0 saturated carbocycles. The average molecular weight is 253 g/mol. The third-order valence-electron chi connectivity index (χ3n) is 2.30. The summed E-state index contributed by atoms with van der Waals surface area (Å²) in [5.74, 6) is 0.850. The van der Waals surface area contributed by atoms with E-state index >= 15 is 0 Å². The number of carbonyl (C=O) groups excluding carboxylic acids is 1. The Kier molecular flexibility index (Phi) is 6.74. The van der Waals surface area contributed by atoms with E-state index in [1.54, 1.807) is 6.26 Å². The Bertz CT molecular complexity index is 338. The van der Waals surface area contributed by atoms with Gasteiger partial charge in [0.1, 0.15) is 12.4 Å². The minimum atomic E-state index is 0.186. The van der Waals surface area contributed by atoms with Crippen LogP contribution in [-0.4, -0.2) is 31.1 Å². The van der Waals surface area contributed by atoms with Crippen LogP contribution in [0.15, 0.2) is 24.3 Å². The molecule has 0 bridgehead atoms. The second kappa shape index (κ2) is 8.14. The molecule has 0 aliphatic carbocycles. The first-order chi connectivity index (χ1) is 8.26. The maximum atomic E-state index is 11.2. The predicted octanol–water partition coefficient (Wildman–Crippen LogP) is 2.11. The van der Waals surface area contributed by atoms with E-state index in [0.29, 0.717) is 13.0 Å². The van der Waals surface area contributed by atoms with Crippen molar-refractivity contribution < 1.29 is 9.53 Å². The molecule has 0 radical (unpaired) electrons. The highest BCUT2D eigenvalue weighted by atomic mass is 32.2. The Hall–Kier alpha value is -1.00. The van der Waals surface area contributed by atoms with Gasteiger partial charge in [-0.05, 0) is 30.5 Å². The summed E-state index contributed by atoms with van der Waals surface area (Å²) >= 11 is 1.26. The highest BCUT2D eigenvalue weighted by Gasteiger charge is 2.01. The number of nitrogens with one attached hydrogen (secondary N) is 1. The molecular weight excluding hydrogens is 234 g/mol. The van der Waals surface area contributed by atoms with Gasteiger partial charge in [-0.2, -0.15) is 0 Å². The first-order valence-electron chi connectivity index (χ1n) is 5.75. The minimum Gasteiger partial charge on any atom is -0.492 e. The van der Waals surface area contributed by atoms with Crippen LogP contribution in [0.2, 0.25) is 0 Å². The lowest BCUT2D eigenvalue weighted by Crippen LogP contribution is -2.20. The van der Waals surface area contributed by atoms with Gasteiger partial charge in [-0.25, -0.2) is 0 Å². The molecular formula is C13H19NO2S. The van der Waals surface area contributed by atoms with Gasteiger partial charge in [0.25, 0.3) is 0 Å². The highest BCUT2D eigenvalue weighted by Crippen LogP contribution is 2.13. The van der Waals surface area contributed by atoms with Gasteiger partial charge in [-0.15, -0.1) is 0 Å². The molecule has 1 aromatic carbocycles. The number of rotatable bonds is 7. The summed E-state index contributed by atoms with van der Waals surface area (Å²) in [4.78, 5) is 11.2. The smallest absolute Gasteiger partial charge is 0.193 e. The number of hydrogen-bond acceptors (Lipinski definition) is 4. The summed E-state index contributed by atoms with van der Waals surface area (Å²) in [7, 11) is 0. The normalized spacial score (nSPS) is 10.2. The molecule has 1 aromatic rings. The minimum absolute atomic E-state index is 0.186. The third-order valence-corrected chi connectivity index (χ3v) is 2.90. The second-order valence-corrected chi connectivity index (χ2v) is 4.46. The number of carbonyl (C=O) groups is 1. The molecule has 1 rings (SSSR count). The Morgan fingerprint density at radius 1 is 1.35 bits per heavy atom. The lowest BCUT2D eigenvalue weighted by atomic mass is 10.2. The summed E-state index contributed by atoms with van der Waals surface area (Å²) < 4.78 is 5.54. The molecule has 4 heteroatoms. The summed E-state index contributed by atoms with van der Waals surface area (Å²) in [6, 6.07) is 7.71. The molecule has 0 unspecified atom stereocenters. The first kappa shape index (κ1) is 14.1. The van der Waals surface area contributed by atoms with Gasteiger partial charge in [0.2, 0.25) is 0 Å². The summed E-state index contributed by atoms with van der Waals surface area (Å²) in [6.07, 6.45) is 2.29. The molecule has 0 atom stereocenters. The fourth-order valence-electron chi connectivity index (χ4n) is 1.36. The lowest BCUT2D eigenvalue weighted by Gasteiger charge is -2.07. The van der Waals surface area contributed by atoms with E-state index in [2.05, 4.69) is 12.2 Å². The number of hydrogen-bond donors (Lipinski definition) is 1. The van der Waals surface area contributed by atoms with Crippen LogP contribution in [0.25, 0.3) is 0 Å². The van der Waals surface area contributed by atoms with E-state index in [9.17, 15) is 4.79 Å². The Morgan fingerprint density at radius 2 is 2.06 bits per heavy atom. The van der Waals surface area contributed by atoms with Crippen molar-refractivity contribution in [3.63, 3.8) is 0 Å². The van der Waals surface area contributed by atoms with Crippen molar-refractivity contribution in [3.8, 4) is 5.75 Å². The Morgan fingerprint density at radius 3 is 2.65 bits per heavy atom. The number of ether oxygens (including phenoxy) is 1. The van der Waals surface area contributed by atoms with Crippen LogP contribution < -0.4 is 10.1 Å². The molecule has 0 heterocycles. The van der Waals surface area contributed by atoms with Crippen LogP contribution in [-0.2, 0) is 11.2 Å². The molecule has 1 N–H and O–H groups in total. The molecule has 3 nitrogen and oxygen atoms in total. The molecule has 94 valence electrons. The Labute approximate surface area is 107 Å². The van der Waals surface area contributed by atoms with Crippen molar-refractivity contribution in [2.24, 2.45) is 0 Å². The predicted molar refractivity (Wildman–Crippen MR) is 72.7 cm³/mol. The van der Waals surface area contributed by atoms with Gasteiger partial charge in [-0.3, -0.25) is 4.79 Å². The van der Waals surface area contributed by atoms with Crippen molar-refractivity contribution in [1.82, 2.24) is 5.32 Å². The number of benzene rings is 1. The molecule has 0 aliphatic rings. The quantitative estimate of drug-likeness (QED) is 0.755. The van der Waals surface area contributed by atoms with Crippen LogP contribution in [0.1, 0.15) is 12.5 Å². The van der Waals surface area contributed by atoms with Crippen LogP contribution >= 0.6 is 11.8 Å². The largest absolute Gasteiger partial charge is 0.492 e. The maximum Gasteiger partial charge on any atom is 0.193 e. The Balaban J connectivity index is 2.36. The molecule has 17 heavy (non-hydrogen) atoms. The van der Waals surface area contributed by atoms with Crippen molar-refractivity contribution in [2.75, 3.05) is 26.0 Å². The van der Waals surface area contributed by atoms with E-state index in [4.69, 9.17) is 4.74 Å². The van der Waals surface area contributed by atoms with Gasteiger partial charge >= 0.3 is 0 Å². The van der Waals surface area contributed by atoms with Crippen molar-refractivity contribution in [3.05, 3.63) is 29.8 Å². The van der Waals surface area contributed by atoms with Crippen molar-refractivity contribution >= 4 is 16.9 Å². The number of thioether (sulfide) groups is 1. The van der Waals surface area contributed by atoms with Crippen LogP contribution in [0.3, 0.4) is 0 Å². The molecule has 0 aliphatic heterocycles. The standard InChI is InChI=1S/C13H19NO2S/c1-3-14-8-9-16-12-6-4-11(5-7-12)10-13(15)17-2/h4-7,14H,3,8-10H2,1-2H3. The number of likely N-dealkylation sites (N-methyl/N-ethyl adjacent to an activating group) is 1. The van der Waals surface area contributed by atoms with E-state index in [1.165, 1.54) is 11.8 Å². The van der Waals surface area contributed by atoms with Crippen molar-refractivity contribution in [1.29, 1.82) is 0 Å². The highest BCUT2D eigenvalue weighted by molar-refractivity contribution is 8.13. The van der Waals surface area contributed by atoms with E-state index in [-0.39, 0.29) is 5.12 Å². The zero-order valence-corrected chi connectivity index (χ0v) is 11.2. The topological polar surface area (TPSA) is 38.3 Å². The van der Waals surface area contributed by atoms with E-state index in [1.807, 2.05) is 24.3 Å². The summed E-state index contributed by atoms with van der Waals surface area (Å²) in [5, 5.41) is 3.38. The fourth-order valence-corrected chi connectivity index (χ4v) is 1.67. The van der Waals surface area contributed by atoms with Gasteiger partial charge in [0.15, 0.2) is 5.12 Å². The zero-order chi connectivity index (χ0) is 12.5. The molecule has 0 amide bonds. The SMILES string of the molecule is CCNCCOc1ccc(CC(=O)SC)cc1. The van der Waals surface area contributed by atoms with Gasteiger partial charge < -0.3 is 10.1 Å². The first-order valence-corrected chi connectivity index (χ1v) is 6.98. The second-order valence-electron chi connectivity index (χ2n) is 3.60. The summed E-state index contributed by atoms with van der Waals surface area (Å²) in [6.45, 7) is 4.54. The third kappa shape index (κ3) is 5.75.